The first-order valence-electron chi connectivity index (χ1n) is 4.61. The molecule has 0 atom stereocenters. The van der Waals surface area contributed by atoms with E-state index in [1.807, 2.05) is 19.9 Å². The number of carbonyl (C=O) groups is 1. The Morgan fingerprint density at radius 2 is 2.00 bits per heavy atom. The van der Waals surface area contributed by atoms with Crippen LogP contribution in [-0.4, -0.2) is 16.2 Å². The van der Waals surface area contributed by atoms with E-state index in [-0.39, 0.29) is 17.2 Å². The first-order chi connectivity index (χ1) is 6.86. The highest BCUT2D eigenvalue weighted by Gasteiger charge is 2.20. The average molecular weight is 320 g/mol. The van der Waals surface area contributed by atoms with Crippen molar-refractivity contribution in [2.24, 2.45) is 0 Å². The second-order valence-electron chi connectivity index (χ2n) is 3.76. The van der Waals surface area contributed by atoms with E-state index in [9.17, 15) is 9.90 Å². The summed E-state index contributed by atoms with van der Waals surface area (Å²) in [6.45, 7) is 5.55. The maximum Gasteiger partial charge on any atom is 0.339 e. The quantitative estimate of drug-likeness (QED) is 0.823. The number of halogens is 1. The zero-order chi connectivity index (χ0) is 11.7. The second kappa shape index (κ2) is 4.38. The number of aromatic carboxylic acids is 1. The van der Waals surface area contributed by atoms with Crippen LogP contribution >= 0.6 is 22.6 Å². The highest BCUT2D eigenvalue weighted by molar-refractivity contribution is 14.1. The van der Waals surface area contributed by atoms with Crippen molar-refractivity contribution < 1.29 is 15.0 Å². The second-order valence-corrected chi connectivity index (χ2v) is 4.92. The molecule has 0 radical (unpaired) electrons. The van der Waals surface area contributed by atoms with Crippen molar-refractivity contribution in [3.05, 3.63) is 26.3 Å². The highest BCUT2D eigenvalue weighted by atomic mass is 127. The van der Waals surface area contributed by atoms with E-state index in [0.29, 0.717) is 11.1 Å². The van der Waals surface area contributed by atoms with Crippen LogP contribution in [0, 0.1) is 10.5 Å². The molecule has 0 amide bonds. The van der Waals surface area contributed by atoms with Crippen molar-refractivity contribution in [3.8, 4) is 5.75 Å². The molecule has 1 aromatic rings. The van der Waals surface area contributed by atoms with Crippen LogP contribution < -0.4 is 0 Å². The Morgan fingerprint density at radius 3 is 2.40 bits per heavy atom. The summed E-state index contributed by atoms with van der Waals surface area (Å²) >= 11 is 2.08. The summed E-state index contributed by atoms with van der Waals surface area (Å²) < 4.78 is 0.867. The molecule has 1 aromatic carbocycles. The Labute approximate surface area is 102 Å². The lowest BCUT2D eigenvalue weighted by molar-refractivity contribution is 0.0692. The molecule has 0 aromatic heterocycles. The number of hydrogen-bond donors (Lipinski definition) is 2. The van der Waals surface area contributed by atoms with Gasteiger partial charge in [0.25, 0.3) is 0 Å². The maximum atomic E-state index is 11.0. The standard InChI is InChI=1S/C11H13IO3/c1-5(2)7-4-8(12)6(3)9(10(7)13)11(14)15/h4-5,13H,1-3H3,(H,14,15). The summed E-state index contributed by atoms with van der Waals surface area (Å²) in [6.07, 6.45) is 0. The molecule has 2 N–H and O–H groups in total. The maximum absolute atomic E-state index is 11.0. The summed E-state index contributed by atoms with van der Waals surface area (Å²) in [5.41, 5.74) is 1.32. The van der Waals surface area contributed by atoms with Crippen LogP contribution in [-0.2, 0) is 0 Å². The van der Waals surface area contributed by atoms with Gasteiger partial charge in [-0.3, -0.25) is 0 Å². The van der Waals surface area contributed by atoms with Gasteiger partial charge >= 0.3 is 5.97 Å². The SMILES string of the molecule is Cc1c(I)cc(C(C)C)c(O)c1C(=O)O. The third kappa shape index (κ3) is 2.25. The van der Waals surface area contributed by atoms with E-state index in [1.54, 1.807) is 6.92 Å². The number of aromatic hydroxyl groups is 1. The van der Waals surface area contributed by atoms with E-state index in [0.717, 1.165) is 3.57 Å². The number of carboxylic acid groups (broad SMARTS) is 1. The number of hydrogen-bond acceptors (Lipinski definition) is 2. The van der Waals surface area contributed by atoms with Crippen LogP contribution in [0.4, 0.5) is 0 Å². The van der Waals surface area contributed by atoms with Gasteiger partial charge in [0, 0.05) is 3.57 Å². The van der Waals surface area contributed by atoms with E-state index in [2.05, 4.69) is 22.6 Å². The third-order valence-corrected chi connectivity index (χ3v) is 3.48. The van der Waals surface area contributed by atoms with Crippen molar-refractivity contribution >= 4 is 28.6 Å². The summed E-state index contributed by atoms with van der Waals surface area (Å²) in [7, 11) is 0. The van der Waals surface area contributed by atoms with Gasteiger partial charge in [-0.25, -0.2) is 4.79 Å². The minimum absolute atomic E-state index is 0.0191. The van der Waals surface area contributed by atoms with Crippen molar-refractivity contribution in [1.82, 2.24) is 0 Å². The lowest BCUT2D eigenvalue weighted by Crippen LogP contribution is -2.05. The lowest BCUT2D eigenvalue weighted by Gasteiger charge is -2.14. The van der Waals surface area contributed by atoms with Crippen LogP contribution in [0.15, 0.2) is 6.07 Å². The van der Waals surface area contributed by atoms with Crippen LogP contribution in [0.1, 0.15) is 41.3 Å². The van der Waals surface area contributed by atoms with Crippen molar-refractivity contribution in [2.45, 2.75) is 26.7 Å². The van der Waals surface area contributed by atoms with Gasteiger partial charge in [-0.15, -0.1) is 0 Å². The summed E-state index contributed by atoms with van der Waals surface area (Å²) in [4.78, 5) is 11.0. The van der Waals surface area contributed by atoms with E-state index in [1.165, 1.54) is 0 Å². The first-order valence-corrected chi connectivity index (χ1v) is 5.69. The number of carboxylic acids is 1. The topological polar surface area (TPSA) is 57.5 Å². The van der Waals surface area contributed by atoms with Gasteiger partial charge in [-0.2, -0.15) is 0 Å². The number of phenols is 1. The minimum atomic E-state index is -1.08. The molecule has 0 heterocycles. The van der Waals surface area contributed by atoms with Gasteiger partial charge < -0.3 is 10.2 Å². The van der Waals surface area contributed by atoms with Crippen molar-refractivity contribution in [3.63, 3.8) is 0 Å². The van der Waals surface area contributed by atoms with Crippen molar-refractivity contribution in [1.29, 1.82) is 0 Å². The fraction of sp³-hybridized carbons (Fsp3) is 0.364. The van der Waals surface area contributed by atoms with Crippen LogP contribution in [0.3, 0.4) is 0 Å². The third-order valence-electron chi connectivity index (χ3n) is 2.36. The van der Waals surface area contributed by atoms with E-state index >= 15 is 0 Å². The molecule has 0 fully saturated rings. The Bertz CT molecular complexity index is 411. The molecular weight excluding hydrogens is 307 g/mol. The monoisotopic (exact) mass is 320 g/mol. The number of rotatable bonds is 2. The van der Waals surface area contributed by atoms with Crippen LogP contribution in [0.5, 0.6) is 5.75 Å². The minimum Gasteiger partial charge on any atom is -0.507 e. The van der Waals surface area contributed by atoms with Gasteiger partial charge in [0.05, 0.1) is 0 Å². The molecule has 0 saturated carbocycles. The van der Waals surface area contributed by atoms with Gasteiger partial charge in [-0.05, 0) is 52.6 Å². The molecule has 4 heteroatoms. The summed E-state index contributed by atoms with van der Waals surface area (Å²) in [5, 5.41) is 18.9. The molecule has 15 heavy (non-hydrogen) atoms. The molecule has 0 spiro atoms. The zero-order valence-electron chi connectivity index (χ0n) is 8.84. The van der Waals surface area contributed by atoms with E-state index in [4.69, 9.17) is 5.11 Å². The summed E-state index contributed by atoms with van der Waals surface area (Å²) in [5.74, 6) is -1.07. The predicted octanol–water partition coefficient (Wildman–Crippen LogP) is 3.13. The molecule has 1 rings (SSSR count). The molecule has 0 saturated heterocycles. The fourth-order valence-corrected chi connectivity index (χ4v) is 2.06. The Balaban J connectivity index is 3.56. The Hall–Kier alpha value is -0.780. The van der Waals surface area contributed by atoms with Crippen molar-refractivity contribution in [2.75, 3.05) is 0 Å². The normalized spacial score (nSPS) is 10.7. The molecule has 82 valence electrons. The van der Waals surface area contributed by atoms with Crippen LogP contribution in [0.2, 0.25) is 0 Å². The number of benzene rings is 1. The van der Waals surface area contributed by atoms with Gasteiger partial charge in [-0.1, -0.05) is 13.8 Å². The Morgan fingerprint density at radius 1 is 1.47 bits per heavy atom. The van der Waals surface area contributed by atoms with Gasteiger partial charge in [0.2, 0.25) is 0 Å². The molecule has 3 nitrogen and oxygen atoms in total. The molecule has 0 aliphatic rings. The fourth-order valence-electron chi connectivity index (χ4n) is 1.46. The van der Waals surface area contributed by atoms with E-state index < -0.39 is 5.97 Å². The zero-order valence-corrected chi connectivity index (χ0v) is 11.0. The first kappa shape index (κ1) is 12.3. The highest BCUT2D eigenvalue weighted by Crippen LogP contribution is 2.34. The largest absolute Gasteiger partial charge is 0.507 e. The molecule has 0 aliphatic carbocycles. The molecule has 0 aliphatic heterocycles. The average Bonchev–Trinajstić information content (AvgIpc) is 2.10. The molecule has 0 unspecified atom stereocenters. The van der Waals surface area contributed by atoms with Gasteiger partial charge in [0.15, 0.2) is 0 Å². The molecule has 0 bridgehead atoms. The van der Waals surface area contributed by atoms with Gasteiger partial charge in [0.1, 0.15) is 11.3 Å². The van der Waals surface area contributed by atoms with Crippen LogP contribution in [0.25, 0.3) is 0 Å². The Kier molecular flexibility index (Phi) is 3.59. The molecular formula is C11H13IO3. The predicted molar refractivity (Wildman–Crippen MR) is 66.6 cm³/mol. The summed E-state index contributed by atoms with van der Waals surface area (Å²) in [6, 6.07) is 1.84. The lowest BCUT2D eigenvalue weighted by atomic mass is 9.96. The smallest absolute Gasteiger partial charge is 0.339 e.